The van der Waals surface area contributed by atoms with Gasteiger partial charge in [-0.25, -0.2) is 13.1 Å². The van der Waals surface area contributed by atoms with Crippen LogP contribution in [-0.2, 0) is 21.3 Å². The highest BCUT2D eigenvalue weighted by molar-refractivity contribution is 7.89. The van der Waals surface area contributed by atoms with E-state index < -0.39 is 10.0 Å². The van der Waals surface area contributed by atoms with Crippen LogP contribution in [-0.4, -0.2) is 34.2 Å². The zero-order valence-corrected chi connectivity index (χ0v) is 13.8. The summed E-state index contributed by atoms with van der Waals surface area (Å²) in [6.45, 7) is 5.38. The van der Waals surface area contributed by atoms with Gasteiger partial charge in [0.2, 0.25) is 10.0 Å². The number of thiophene rings is 1. The molecule has 1 unspecified atom stereocenters. The van der Waals surface area contributed by atoms with Gasteiger partial charge in [-0.1, -0.05) is 0 Å². The number of hydrogen-bond donors (Lipinski definition) is 2. The van der Waals surface area contributed by atoms with E-state index in [1.165, 1.54) is 11.3 Å². The zero-order chi connectivity index (χ0) is 14.8. The van der Waals surface area contributed by atoms with Crippen LogP contribution in [0.5, 0.6) is 0 Å². The van der Waals surface area contributed by atoms with Crippen molar-refractivity contribution in [3.63, 3.8) is 0 Å². The SMILES string of the molecule is CNCc1scc(C)c1S(=O)(=O)NCC1(C)CCCO1. The van der Waals surface area contributed by atoms with E-state index in [0.717, 1.165) is 23.3 Å². The van der Waals surface area contributed by atoms with Crippen LogP contribution in [0.4, 0.5) is 0 Å². The van der Waals surface area contributed by atoms with Crippen LogP contribution in [0.25, 0.3) is 0 Å². The van der Waals surface area contributed by atoms with Crippen molar-refractivity contribution in [3.8, 4) is 0 Å². The van der Waals surface area contributed by atoms with Crippen LogP contribution in [0.1, 0.15) is 30.2 Å². The Kier molecular flexibility index (Phi) is 4.86. The Bertz CT molecular complexity index is 560. The topological polar surface area (TPSA) is 67.4 Å². The van der Waals surface area contributed by atoms with E-state index in [4.69, 9.17) is 4.74 Å². The minimum absolute atomic E-state index is 0.323. The number of rotatable bonds is 6. The summed E-state index contributed by atoms with van der Waals surface area (Å²) in [6, 6.07) is 0. The lowest BCUT2D eigenvalue weighted by Crippen LogP contribution is -2.40. The van der Waals surface area contributed by atoms with Gasteiger partial charge >= 0.3 is 0 Å². The molecule has 0 aromatic carbocycles. The second-order valence-corrected chi connectivity index (χ2v) is 8.10. The predicted octanol–water partition coefficient (Wildman–Crippen LogP) is 1.62. The third-order valence-corrected chi connectivity index (χ3v) is 6.40. The highest BCUT2D eigenvalue weighted by Crippen LogP contribution is 2.28. The Morgan fingerprint density at radius 2 is 2.25 bits per heavy atom. The molecule has 2 rings (SSSR count). The summed E-state index contributed by atoms with van der Waals surface area (Å²) in [7, 11) is -1.67. The quantitative estimate of drug-likeness (QED) is 0.836. The third kappa shape index (κ3) is 3.40. The zero-order valence-electron chi connectivity index (χ0n) is 12.2. The van der Waals surface area contributed by atoms with Crippen LogP contribution < -0.4 is 10.0 Å². The largest absolute Gasteiger partial charge is 0.374 e. The van der Waals surface area contributed by atoms with Gasteiger partial charge in [0.1, 0.15) is 4.90 Å². The average Bonchev–Trinajstić information content (AvgIpc) is 2.96. The maximum Gasteiger partial charge on any atom is 0.242 e. The van der Waals surface area contributed by atoms with Crippen molar-refractivity contribution < 1.29 is 13.2 Å². The molecule has 0 aliphatic carbocycles. The predicted molar refractivity (Wildman–Crippen MR) is 80.6 cm³/mol. The van der Waals surface area contributed by atoms with E-state index in [-0.39, 0.29) is 5.60 Å². The molecule has 2 N–H and O–H groups in total. The lowest BCUT2D eigenvalue weighted by atomic mass is 10.0. The minimum atomic E-state index is -3.49. The van der Waals surface area contributed by atoms with Crippen molar-refractivity contribution in [3.05, 3.63) is 15.8 Å². The molecule has 0 saturated carbocycles. The van der Waals surface area contributed by atoms with E-state index in [0.29, 0.717) is 24.6 Å². The molecule has 7 heteroatoms. The van der Waals surface area contributed by atoms with Gasteiger partial charge in [-0.2, -0.15) is 0 Å². The van der Waals surface area contributed by atoms with Crippen molar-refractivity contribution in [2.24, 2.45) is 0 Å². The van der Waals surface area contributed by atoms with Crippen molar-refractivity contribution >= 4 is 21.4 Å². The summed E-state index contributed by atoms with van der Waals surface area (Å²) >= 11 is 1.47. The molecule has 1 aliphatic heterocycles. The summed E-state index contributed by atoms with van der Waals surface area (Å²) in [5.41, 5.74) is 0.422. The second-order valence-electron chi connectivity index (χ2n) is 5.43. The molecule has 0 spiro atoms. The maximum atomic E-state index is 12.5. The first-order valence-corrected chi connectivity index (χ1v) is 9.09. The van der Waals surface area contributed by atoms with Crippen LogP contribution in [0.3, 0.4) is 0 Å². The summed E-state index contributed by atoms with van der Waals surface area (Å²) in [6.07, 6.45) is 1.88. The summed E-state index contributed by atoms with van der Waals surface area (Å²) in [5, 5.41) is 4.89. The van der Waals surface area contributed by atoms with Gasteiger partial charge in [0.05, 0.1) is 5.60 Å². The Hall–Kier alpha value is -0.470. The van der Waals surface area contributed by atoms with Gasteiger partial charge < -0.3 is 10.1 Å². The fourth-order valence-corrected chi connectivity index (χ4v) is 5.40. The van der Waals surface area contributed by atoms with Crippen molar-refractivity contribution in [1.82, 2.24) is 10.0 Å². The van der Waals surface area contributed by atoms with Gasteiger partial charge in [0.25, 0.3) is 0 Å². The van der Waals surface area contributed by atoms with E-state index in [1.54, 1.807) is 0 Å². The number of ether oxygens (including phenoxy) is 1. The van der Waals surface area contributed by atoms with Crippen LogP contribution in [0.2, 0.25) is 0 Å². The Morgan fingerprint density at radius 3 is 2.85 bits per heavy atom. The van der Waals surface area contributed by atoms with Crippen molar-refractivity contribution in [1.29, 1.82) is 0 Å². The van der Waals surface area contributed by atoms with E-state index in [2.05, 4.69) is 10.0 Å². The maximum absolute atomic E-state index is 12.5. The van der Waals surface area contributed by atoms with Gasteiger partial charge in [-0.3, -0.25) is 0 Å². The average molecular weight is 318 g/mol. The molecule has 0 radical (unpaired) electrons. The molecule has 114 valence electrons. The Balaban J connectivity index is 2.16. The molecule has 1 aromatic rings. The van der Waals surface area contributed by atoms with Crippen molar-refractivity contribution in [2.75, 3.05) is 20.2 Å². The van der Waals surface area contributed by atoms with Crippen LogP contribution in [0.15, 0.2) is 10.3 Å². The Morgan fingerprint density at radius 1 is 1.50 bits per heavy atom. The molecule has 5 nitrogen and oxygen atoms in total. The van der Waals surface area contributed by atoms with Crippen LogP contribution >= 0.6 is 11.3 Å². The molecule has 1 atom stereocenters. The fraction of sp³-hybridized carbons (Fsp3) is 0.692. The molecule has 0 amide bonds. The molecular weight excluding hydrogens is 296 g/mol. The molecule has 1 saturated heterocycles. The first kappa shape index (κ1) is 15.9. The summed E-state index contributed by atoms with van der Waals surface area (Å²) in [5.74, 6) is 0. The third-order valence-electron chi connectivity index (χ3n) is 3.53. The normalized spacial score (nSPS) is 23.4. The summed E-state index contributed by atoms with van der Waals surface area (Å²) in [4.78, 5) is 1.26. The highest BCUT2D eigenvalue weighted by Gasteiger charge is 2.32. The minimum Gasteiger partial charge on any atom is -0.374 e. The number of aryl methyl sites for hydroxylation is 1. The van der Waals surface area contributed by atoms with Crippen LogP contribution in [0, 0.1) is 6.92 Å². The second kappa shape index (κ2) is 6.11. The van der Waals surface area contributed by atoms with Crippen molar-refractivity contribution in [2.45, 2.75) is 43.7 Å². The number of hydrogen-bond acceptors (Lipinski definition) is 5. The van der Waals surface area contributed by atoms with Gasteiger partial charge in [-0.05, 0) is 44.7 Å². The molecule has 1 aliphatic rings. The van der Waals surface area contributed by atoms with Gasteiger partial charge in [0, 0.05) is 24.6 Å². The highest BCUT2D eigenvalue weighted by atomic mass is 32.2. The Labute approximate surface area is 124 Å². The van der Waals surface area contributed by atoms with Gasteiger partial charge in [0.15, 0.2) is 0 Å². The molecular formula is C13H22N2O3S2. The number of sulfonamides is 1. The van der Waals surface area contributed by atoms with E-state index >= 15 is 0 Å². The molecule has 1 fully saturated rings. The van der Waals surface area contributed by atoms with E-state index in [9.17, 15) is 8.42 Å². The first-order valence-electron chi connectivity index (χ1n) is 6.73. The summed E-state index contributed by atoms with van der Waals surface area (Å²) < 4.78 is 33.4. The monoisotopic (exact) mass is 318 g/mol. The molecule has 1 aromatic heterocycles. The lowest BCUT2D eigenvalue weighted by Gasteiger charge is -2.23. The molecule has 0 bridgehead atoms. The van der Waals surface area contributed by atoms with E-state index in [1.807, 2.05) is 26.3 Å². The smallest absolute Gasteiger partial charge is 0.242 e. The number of nitrogens with one attached hydrogen (secondary N) is 2. The molecule has 20 heavy (non-hydrogen) atoms. The molecule has 2 heterocycles. The van der Waals surface area contributed by atoms with Gasteiger partial charge in [-0.15, -0.1) is 11.3 Å². The lowest BCUT2D eigenvalue weighted by molar-refractivity contribution is 0.0250. The standard InChI is InChI=1S/C13H22N2O3S2/c1-10-8-19-11(7-14-3)12(10)20(16,17)15-9-13(2)5-4-6-18-13/h8,14-15H,4-7,9H2,1-3H3. The first-order chi connectivity index (χ1) is 9.38. The fourth-order valence-electron chi connectivity index (χ4n) is 2.43.